The van der Waals surface area contributed by atoms with E-state index in [9.17, 15) is 9.59 Å². The average molecular weight is 367 g/mol. The molecule has 0 unspecified atom stereocenters. The summed E-state index contributed by atoms with van der Waals surface area (Å²) in [6, 6.07) is 8.37. The molecule has 0 aliphatic rings. The third-order valence-electron chi connectivity index (χ3n) is 4.10. The molecule has 1 amide bonds. The minimum absolute atomic E-state index is 0.124. The van der Waals surface area contributed by atoms with Gasteiger partial charge in [0, 0.05) is 11.4 Å². The predicted molar refractivity (Wildman–Crippen MR) is 101 cm³/mol. The summed E-state index contributed by atoms with van der Waals surface area (Å²) in [7, 11) is 0. The number of nitrogens with one attached hydrogen (secondary N) is 1. The number of pyridine rings is 1. The Hall–Kier alpha value is -3.22. The molecule has 7 nitrogen and oxygen atoms in total. The molecule has 0 atom stereocenters. The smallest absolute Gasteiger partial charge is 0.338 e. The molecule has 0 bridgehead atoms. The third kappa shape index (κ3) is 3.81. The lowest BCUT2D eigenvalue weighted by atomic mass is 10.0. The van der Waals surface area contributed by atoms with Crippen molar-refractivity contribution in [2.45, 2.75) is 33.6 Å². The van der Waals surface area contributed by atoms with Crippen molar-refractivity contribution in [3.8, 4) is 0 Å². The van der Waals surface area contributed by atoms with Crippen LogP contribution < -0.4 is 5.32 Å². The van der Waals surface area contributed by atoms with Crippen LogP contribution in [-0.2, 0) is 4.74 Å². The Morgan fingerprint density at radius 1 is 1.26 bits per heavy atom. The second-order valence-corrected chi connectivity index (χ2v) is 6.45. The third-order valence-corrected chi connectivity index (χ3v) is 4.10. The first-order chi connectivity index (χ1) is 12.9. The Labute approximate surface area is 156 Å². The summed E-state index contributed by atoms with van der Waals surface area (Å²) in [6.45, 7) is 7.77. The van der Waals surface area contributed by atoms with Crippen LogP contribution in [0.3, 0.4) is 0 Å². The van der Waals surface area contributed by atoms with E-state index in [0.717, 1.165) is 5.69 Å². The zero-order chi connectivity index (χ0) is 19.6. The lowest BCUT2D eigenvalue weighted by molar-refractivity contribution is 0.0526. The maximum absolute atomic E-state index is 12.9. The highest BCUT2D eigenvalue weighted by Gasteiger charge is 2.20. The van der Waals surface area contributed by atoms with Gasteiger partial charge in [0.1, 0.15) is 0 Å². The number of hydrogen-bond donors (Lipinski definition) is 1. The van der Waals surface area contributed by atoms with Crippen LogP contribution in [-0.4, -0.2) is 28.6 Å². The second-order valence-electron chi connectivity index (χ2n) is 6.45. The summed E-state index contributed by atoms with van der Waals surface area (Å²) >= 11 is 0. The van der Waals surface area contributed by atoms with Gasteiger partial charge in [-0.2, -0.15) is 0 Å². The van der Waals surface area contributed by atoms with Crippen molar-refractivity contribution in [3.05, 3.63) is 52.8 Å². The fourth-order valence-electron chi connectivity index (χ4n) is 2.73. The minimum Gasteiger partial charge on any atom is -0.462 e. The van der Waals surface area contributed by atoms with E-state index in [-0.39, 0.29) is 18.4 Å². The number of ether oxygens (including phenoxy) is 1. The molecule has 2 aromatic heterocycles. The highest BCUT2D eigenvalue weighted by molar-refractivity contribution is 6.12. The highest BCUT2D eigenvalue weighted by Crippen LogP contribution is 2.26. The van der Waals surface area contributed by atoms with E-state index in [1.807, 2.05) is 13.8 Å². The summed E-state index contributed by atoms with van der Waals surface area (Å²) in [4.78, 5) is 29.3. The monoisotopic (exact) mass is 367 g/mol. The fraction of sp³-hybridized carbons (Fsp3) is 0.300. The van der Waals surface area contributed by atoms with E-state index in [0.29, 0.717) is 33.6 Å². The Morgan fingerprint density at radius 2 is 2.04 bits per heavy atom. The molecule has 3 rings (SSSR count). The molecule has 2 heterocycles. The fourth-order valence-corrected chi connectivity index (χ4v) is 2.73. The van der Waals surface area contributed by atoms with Crippen LogP contribution >= 0.6 is 0 Å². The summed E-state index contributed by atoms with van der Waals surface area (Å²) in [5.41, 5.74) is 2.98. The van der Waals surface area contributed by atoms with Gasteiger partial charge in [-0.1, -0.05) is 25.1 Å². The van der Waals surface area contributed by atoms with Gasteiger partial charge in [-0.3, -0.25) is 4.79 Å². The first-order valence-electron chi connectivity index (χ1n) is 8.76. The number of hydrogen-bond acceptors (Lipinski definition) is 6. The predicted octanol–water partition coefficient (Wildman–Crippen LogP) is 4.08. The van der Waals surface area contributed by atoms with E-state index in [4.69, 9.17) is 9.26 Å². The molecule has 0 radical (unpaired) electrons. The molecule has 0 saturated heterocycles. The van der Waals surface area contributed by atoms with Crippen LogP contribution in [0.15, 0.2) is 34.9 Å². The molecule has 0 saturated carbocycles. The Kier molecular flexibility index (Phi) is 5.21. The highest BCUT2D eigenvalue weighted by atomic mass is 16.5. The van der Waals surface area contributed by atoms with Crippen LogP contribution in [0.5, 0.6) is 0 Å². The number of amides is 1. The molecule has 1 aromatic carbocycles. The van der Waals surface area contributed by atoms with Crippen molar-refractivity contribution in [2.75, 3.05) is 11.9 Å². The maximum Gasteiger partial charge on any atom is 0.338 e. The van der Waals surface area contributed by atoms with Gasteiger partial charge in [0.25, 0.3) is 11.6 Å². The largest absolute Gasteiger partial charge is 0.462 e. The first kappa shape index (κ1) is 18.6. The lowest BCUT2D eigenvalue weighted by Gasteiger charge is -2.10. The van der Waals surface area contributed by atoms with Gasteiger partial charge in [-0.05, 0) is 44.0 Å². The van der Waals surface area contributed by atoms with Crippen LogP contribution in [0.2, 0.25) is 0 Å². The molecule has 7 heteroatoms. The van der Waals surface area contributed by atoms with Crippen molar-refractivity contribution < 1.29 is 18.8 Å². The van der Waals surface area contributed by atoms with Crippen molar-refractivity contribution >= 4 is 28.7 Å². The first-order valence-corrected chi connectivity index (χ1v) is 8.76. The molecule has 1 N–H and O–H groups in total. The number of nitrogens with zero attached hydrogens (tertiary/aromatic N) is 2. The quantitative estimate of drug-likeness (QED) is 0.683. The van der Waals surface area contributed by atoms with Crippen LogP contribution in [0.4, 0.5) is 5.69 Å². The summed E-state index contributed by atoms with van der Waals surface area (Å²) < 4.78 is 10.3. The van der Waals surface area contributed by atoms with Crippen LogP contribution in [0.25, 0.3) is 11.1 Å². The Balaban J connectivity index is 1.96. The van der Waals surface area contributed by atoms with E-state index in [1.54, 1.807) is 44.2 Å². The molecular formula is C20H21N3O4. The van der Waals surface area contributed by atoms with Gasteiger partial charge in [0.05, 0.1) is 28.8 Å². The lowest BCUT2D eigenvalue weighted by Crippen LogP contribution is -2.14. The van der Waals surface area contributed by atoms with Gasteiger partial charge in [0.15, 0.2) is 0 Å². The average Bonchev–Trinajstić information content (AvgIpc) is 3.02. The summed E-state index contributed by atoms with van der Waals surface area (Å²) in [5, 5.41) is 7.33. The van der Waals surface area contributed by atoms with Crippen molar-refractivity contribution in [2.24, 2.45) is 0 Å². The van der Waals surface area contributed by atoms with Crippen LogP contribution in [0, 0.1) is 6.92 Å². The normalized spacial score (nSPS) is 11.0. The molecule has 140 valence electrons. The molecule has 27 heavy (non-hydrogen) atoms. The minimum atomic E-state index is -0.433. The molecule has 3 aromatic rings. The number of aryl methyl sites for hydroxylation is 1. The number of carbonyl (C=O) groups excluding carboxylic acids is 2. The number of esters is 1. The van der Waals surface area contributed by atoms with Crippen LogP contribution in [0.1, 0.15) is 58.8 Å². The van der Waals surface area contributed by atoms with Crippen molar-refractivity contribution in [3.63, 3.8) is 0 Å². The van der Waals surface area contributed by atoms with Gasteiger partial charge in [-0.25, -0.2) is 9.78 Å². The number of benzene rings is 1. The van der Waals surface area contributed by atoms with Gasteiger partial charge < -0.3 is 14.6 Å². The zero-order valence-corrected chi connectivity index (χ0v) is 15.7. The van der Waals surface area contributed by atoms with E-state index in [2.05, 4.69) is 15.5 Å². The number of carbonyl (C=O) groups is 2. The molecule has 0 spiro atoms. The summed E-state index contributed by atoms with van der Waals surface area (Å²) in [6.07, 6.45) is 0. The van der Waals surface area contributed by atoms with Crippen molar-refractivity contribution in [1.82, 2.24) is 10.1 Å². The second kappa shape index (κ2) is 7.57. The number of anilines is 1. The Bertz CT molecular complexity index is 1010. The van der Waals surface area contributed by atoms with E-state index in [1.165, 1.54) is 0 Å². The number of aromatic nitrogens is 2. The zero-order valence-electron chi connectivity index (χ0n) is 15.7. The number of rotatable bonds is 5. The maximum atomic E-state index is 12.9. The van der Waals surface area contributed by atoms with E-state index < -0.39 is 5.97 Å². The molecule has 0 aliphatic carbocycles. The number of fused-ring (bicyclic) bond motifs is 1. The topological polar surface area (TPSA) is 94.3 Å². The molecular weight excluding hydrogens is 346 g/mol. The van der Waals surface area contributed by atoms with Gasteiger partial charge in [0.2, 0.25) is 0 Å². The standard InChI is InChI=1S/C20H21N3O4/c1-5-26-20(25)13-7-6-8-14(9-13)21-18(24)15-10-16(11(2)3)22-19-17(15)12(4)23-27-19/h6-11H,5H2,1-4H3,(H,21,24). The molecule has 0 fully saturated rings. The Morgan fingerprint density at radius 3 is 2.74 bits per heavy atom. The summed E-state index contributed by atoms with van der Waals surface area (Å²) in [5.74, 6) is -0.632. The van der Waals surface area contributed by atoms with Crippen molar-refractivity contribution in [1.29, 1.82) is 0 Å². The SMILES string of the molecule is CCOC(=O)c1cccc(NC(=O)c2cc(C(C)C)nc3onc(C)c23)c1. The molecule has 0 aliphatic heterocycles. The van der Waals surface area contributed by atoms with Gasteiger partial charge in [-0.15, -0.1) is 0 Å². The van der Waals surface area contributed by atoms with E-state index >= 15 is 0 Å². The van der Waals surface area contributed by atoms with Gasteiger partial charge >= 0.3 is 5.97 Å².